The van der Waals surface area contributed by atoms with E-state index >= 15 is 0 Å². The standard InChI is InChI=1S/C58H76N4O4/c1-3-5-7-9-11-13-15-17-19-21-23-31-45-47-33-35-49(59-47)53(41-27-25-29-43(63)39-41)51-37-38-52(61-51)54(42-28-26-30-44(64)40-42)50-36-34-48(60-50)46(56-58(66)57(65)55(45)62-56)32-24-22-20-18-16-14-12-10-8-6-4-2/h25-30,33-40,57-60,63-66H,3-24,31-32H2,1-2H3/t57-,58+. The van der Waals surface area contributed by atoms with Crippen LogP contribution in [0.25, 0.3) is 56.5 Å². The third kappa shape index (κ3) is 12.8. The van der Waals surface area contributed by atoms with Crippen molar-refractivity contribution in [3.8, 4) is 33.8 Å². The van der Waals surface area contributed by atoms with Gasteiger partial charge in [0.15, 0.2) is 0 Å². The van der Waals surface area contributed by atoms with Crippen LogP contribution >= 0.6 is 0 Å². The number of aromatic amines is 2. The Morgan fingerprint density at radius 1 is 0.424 bits per heavy atom. The molecule has 0 amide bonds. The van der Waals surface area contributed by atoms with Gasteiger partial charge in [-0.05, 0) is 109 Å². The molecule has 0 fully saturated rings. The highest BCUT2D eigenvalue weighted by Crippen LogP contribution is 2.40. The Bertz CT molecular complexity index is 2350. The molecule has 0 saturated carbocycles. The Kier molecular flexibility index (Phi) is 18.5. The summed E-state index contributed by atoms with van der Waals surface area (Å²) >= 11 is 0. The van der Waals surface area contributed by atoms with Crippen LogP contribution in [0, 0.1) is 0 Å². The van der Waals surface area contributed by atoms with Crippen molar-refractivity contribution in [2.75, 3.05) is 0 Å². The summed E-state index contributed by atoms with van der Waals surface area (Å²) in [5, 5.41) is 45.6. The Balaban J connectivity index is 1.31. The van der Waals surface area contributed by atoms with Crippen LogP contribution in [0.2, 0.25) is 0 Å². The molecule has 0 radical (unpaired) electrons. The van der Waals surface area contributed by atoms with Gasteiger partial charge in [-0.15, -0.1) is 0 Å². The average Bonchev–Trinajstić information content (AvgIpc) is 4.15. The molecular formula is C58H76N4O4. The fourth-order valence-corrected chi connectivity index (χ4v) is 10.1. The van der Waals surface area contributed by atoms with Crippen molar-refractivity contribution >= 4 is 34.2 Å². The molecule has 8 nitrogen and oxygen atoms in total. The van der Waals surface area contributed by atoms with Crippen LogP contribution in [0.3, 0.4) is 0 Å². The summed E-state index contributed by atoms with van der Waals surface area (Å²) in [5.74, 6) is 0.308. The van der Waals surface area contributed by atoms with Gasteiger partial charge in [-0.3, -0.25) is 4.98 Å². The van der Waals surface area contributed by atoms with E-state index in [1.54, 1.807) is 24.3 Å². The number of aromatic hydroxyl groups is 2. The van der Waals surface area contributed by atoms with Gasteiger partial charge in [-0.2, -0.15) is 0 Å². The number of benzene rings is 2. The van der Waals surface area contributed by atoms with E-state index < -0.39 is 12.2 Å². The van der Waals surface area contributed by atoms with Gasteiger partial charge in [0.1, 0.15) is 23.7 Å². The predicted octanol–water partition coefficient (Wildman–Crippen LogP) is 15.7. The SMILES string of the molecule is CCCCCCCCCCCCCc1c2nc(c(CCCCCCCCCCCCC)c3ccc([nH]3)c(-c3cccc(O)c3)c3nc(c(-c4cccc(O)c4)c4ccc1[nH]4)C=C3)[C@H](O)[C@@H]2O. The van der Waals surface area contributed by atoms with Gasteiger partial charge in [0.2, 0.25) is 0 Å². The van der Waals surface area contributed by atoms with Crippen LogP contribution in [-0.2, 0) is 12.8 Å². The number of rotatable bonds is 26. The van der Waals surface area contributed by atoms with Crippen molar-refractivity contribution in [1.29, 1.82) is 0 Å². The van der Waals surface area contributed by atoms with E-state index in [9.17, 15) is 20.4 Å². The zero-order valence-electron chi connectivity index (χ0n) is 39.9. The second kappa shape index (κ2) is 25.1. The number of nitrogens with zero attached hydrogens (tertiary/aromatic N) is 2. The molecule has 0 spiro atoms. The number of aliphatic hydroxyl groups excluding tert-OH is 2. The number of aliphatic hydroxyl groups is 2. The summed E-state index contributed by atoms with van der Waals surface area (Å²) in [5.41, 5.74) is 10.9. The first-order valence-corrected chi connectivity index (χ1v) is 25.8. The van der Waals surface area contributed by atoms with Crippen LogP contribution < -0.4 is 0 Å². The van der Waals surface area contributed by atoms with Gasteiger partial charge >= 0.3 is 0 Å². The molecule has 2 atom stereocenters. The first-order valence-electron chi connectivity index (χ1n) is 25.8. The van der Waals surface area contributed by atoms with Crippen molar-refractivity contribution in [2.45, 2.75) is 180 Å². The smallest absolute Gasteiger partial charge is 0.128 e. The lowest BCUT2D eigenvalue weighted by Crippen LogP contribution is -2.07. The molecule has 2 aliphatic heterocycles. The number of fused-ring (bicyclic) bond motifs is 8. The van der Waals surface area contributed by atoms with Gasteiger partial charge in [-0.25, -0.2) is 4.98 Å². The molecule has 2 aromatic carbocycles. The number of nitrogens with one attached hydrogen (secondary N) is 2. The topological polar surface area (TPSA) is 138 Å². The summed E-state index contributed by atoms with van der Waals surface area (Å²) in [6.07, 6.45) is 30.3. The maximum Gasteiger partial charge on any atom is 0.128 e. The number of phenols is 2. The third-order valence-corrected chi connectivity index (χ3v) is 13.8. The third-order valence-electron chi connectivity index (χ3n) is 13.8. The van der Waals surface area contributed by atoms with Gasteiger partial charge in [0.05, 0.1) is 22.8 Å². The monoisotopic (exact) mass is 893 g/mol. The molecule has 7 rings (SSSR count). The maximum atomic E-state index is 12.1. The number of unbranched alkanes of at least 4 members (excludes halogenated alkanes) is 20. The zero-order valence-corrected chi connectivity index (χ0v) is 39.9. The van der Waals surface area contributed by atoms with Gasteiger partial charge in [-0.1, -0.05) is 167 Å². The molecule has 8 heteroatoms. The van der Waals surface area contributed by atoms with E-state index in [4.69, 9.17) is 9.97 Å². The van der Waals surface area contributed by atoms with E-state index in [1.807, 2.05) is 48.6 Å². The van der Waals surface area contributed by atoms with E-state index in [0.717, 1.165) is 92.5 Å². The Hall–Kier alpha value is -5.18. The lowest BCUT2D eigenvalue weighted by atomic mass is 9.98. The van der Waals surface area contributed by atoms with Gasteiger partial charge < -0.3 is 30.4 Å². The maximum absolute atomic E-state index is 12.1. The summed E-state index contributed by atoms with van der Waals surface area (Å²) in [6, 6.07) is 22.7. The number of hydrogen-bond donors (Lipinski definition) is 6. The normalized spacial score (nSPS) is 14.7. The first-order chi connectivity index (χ1) is 32.4. The zero-order chi connectivity index (χ0) is 46.1. The van der Waals surface area contributed by atoms with Crippen LogP contribution in [0.15, 0.2) is 72.8 Å². The predicted molar refractivity (Wildman–Crippen MR) is 274 cm³/mol. The molecule has 5 aromatic rings. The highest BCUT2D eigenvalue weighted by Gasteiger charge is 2.33. The molecule has 0 unspecified atom stereocenters. The van der Waals surface area contributed by atoms with Crippen molar-refractivity contribution in [2.24, 2.45) is 0 Å². The minimum absolute atomic E-state index is 0.154. The highest BCUT2D eigenvalue weighted by molar-refractivity contribution is 5.95. The lowest BCUT2D eigenvalue weighted by molar-refractivity contribution is 0.0244. The van der Waals surface area contributed by atoms with Crippen molar-refractivity contribution in [3.63, 3.8) is 0 Å². The average molecular weight is 893 g/mol. The van der Waals surface area contributed by atoms with E-state index in [0.29, 0.717) is 24.2 Å². The molecule has 8 bridgehead atoms. The molecule has 5 heterocycles. The molecule has 0 aliphatic carbocycles. The van der Waals surface area contributed by atoms with Crippen molar-refractivity contribution < 1.29 is 20.4 Å². The fraction of sp³-hybridized carbons (Fsp3) is 0.483. The van der Waals surface area contributed by atoms with E-state index in [-0.39, 0.29) is 11.5 Å². The van der Waals surface area contributed by atoms with E-state index in [1.165, 1.54) is 116 Å². The molecule has 6 N–H and O–H groups in total. The van der Waals surface area contributed by atoms with Gasteiger partial charge in [0.25, 0.3) is 0 Å². The molecule has 2 aliphatic rings. The summed E-state index contributed by atoms with van der Waals surface area (Å²) in [7, 11) is 0. The summed E-state index contributed by atoms with van der Waals surface area (Å²) in [4.78, 5) is 18.0. The van der Waals surface area contributed by atoms with Gasteiger partial charge in [0, 0.05) is 33.2 Å². The molecule has 0 saturated heterocycles. The first kappa shape index (κ1) is 48.7. The minimum atomic E-state index is -1.19. The second-order valence-electron chi connectivity index (χ2n) is 18.9. The van der Waals surface area contributed by atoms with E-state index in [2.05, 4.69) is 35.9 Å². The second-order valence-corrected chi connectivity index (χ2v) is 18.9. The molecule has 352 valence electrons. The largest absolute Gasteiger partial charge is 0.508 e. The minimum Gasteiger partial charge on any atom is -0.508 e. The number of H-pyrrole nitrogens is 2. The van der Waals surface area contributed by atoms with Crippen LogP contribution in [0.1, 0.15) is 201 Å². The van der Waals surface area contributed by atoms with Crippen LogP contribution in [-0.4, -0.2) is 40.4 Å². The summed E-state index contributed by atoms with van der Waals surface area (Å²) < 4.78 is 0. The molecule has 3 aromatic heterocycles. The Morgan fingerprint density at radius 2 is 0.773 bits per heavy atom. The summed E-state index contributed by atoms with van der Waals surface area (Å²) in [6.45, 7) is 4.53. The number of aromatic nitrogens is 4. The van der Waals surface area contributed by atoms with Crippen LogP contribution in [0.5, 0.6) is 11.5 Å². The number of hydrogen-bond acceptors (Lipinski definition) is 6. The number of phenolic OH excluding ortho intramolecular Hbond substituents is 2. The number of aryl methyl sites for hydroxylation is 2. The highest BCUT2D eigenvalue weighted by atomic mass is 16.3. The quantitative estimate of drug-likeness (QED) is 0.0300. The lowest BCUT2D eigenvalue weighted by Gasteiger charge is -2.13. The molecule has 66 heavy (non-hydrogen) atoms. The van der Waals surface area contributed by atoms with Crippen LogP contribution in [0.4, 0.5) is 0 Å². The molecular weight excluding hydrogens is 817 g/mol. The van der Waals surface area contributed by atoms with Crippen molar-refractivity contribution in [1.82, 2.24) is 19.9 Å². The Labute approximate surface area is 393 Å². The fourth-order valence-electron chi connectivity index (χ4n) is 10.1. The van der Waals surface area contributed by atoms with Crippen molar-refractivity contribution in [3.05, 3.63) is 107 Å². The Morgan fingerprint density at radius 3 is 1.14 bits per heavy atom.